The highest BCUT2D eigenvalue weighted by Gasteiger charge is 2.41. The quantitative estimate of drug-likeness (QED) is 0.768. The van der Waals surface area contributed by atoms with Crippen molar-refractivity contribution in [1.82, 2.24) is 10.2 Å². The average molecular weight is 362 g/mol. The lowest BCUT2D eigenvalue weighted by atomic mass is 10.1. The molecule has 0 saturated heterocycles. The van der Waals surface area contributed by atoms with Crippen molar-refractivity contribution in [2.75, 3.05) is 13.1 Å². The van der Waals surface area contributed by atoms with Gasteiger partial charge in [-0.2, -0.15) is 0 Å². The smallest absolute Gasteiger partial charge is 0.277 e. The van der Waals surface area contributed by atoms with Crippen LogP contribution in [0.1, 0.15) is 33.2 Å². The monoisotopic (exact) mass is 361 g/mol. The van der Waals surface area contributed by atoms with E-state index in [0.717, 1.165) is 10.5 Å². The standard InChI is InChI=1S/C15H17F2N3O3.ClH/c1-8-3-4-10-11(5-8)14(23)20(13(10)22)9(2)12(21)19-7-15(16,17)6-18;/h3-5,9H,6-7,18H2,1-2H3,(H,19,21);1H. The van der Waals surface area contributed by atoms with Crippen LogP contribution in [-0.2, 0) is 4.79 Å². The second kappa shape index (κ2) is 7.23. The number of nitrogens with zero attached hydrogens (tertiary/aromatic N) is 1. The molecule has 0 aromatic heterocycles. The van der Waals surface area contributed by atoms with E-state index in [0.29, 0.717) is 0 Å². The Balaban J connectivity index is 0.00000288. The number of nitrogens with one attached hydrogen (secondary N) is 1. The number of carbonyl (C=O) groups excluding carboxylic acids is 3. The first-order chi connectivity index (χ1) is 10.7. The average Bonchev–Trinajstić information content (AvgIpc) is 2.75. The molecular formula is C15H18ClF2N3O3. The Hall–Kier alpha value is -2.06. The Morgan fingerprint density at radius 1 is 1.29 bits per heavy atom. The normalized spacial score (nSPS) is 15.0. The highest BCUT2D eigenvalue weighted by atomic mass is 35.5. The van der Waals surface area contributed by atoms with Crippen molar-refractivity contribution in [2.24, 2.45) is 5.73 Å². The second-order valence-corrected chi connectivity index (χ2v) is 5.48. The second-order valence-electron chi connectivity index (χ2n) is 5.48. The van der Waals surface area contributed by atoms with Crippen molar-refractivity contribution < 1.29 is 23.2 Å². The minimum absolute atomic E-state index is 0. The third-order valence-corrected chi connectivity index (χ3v) is 3.66. The Morgan fingerprint density at radius 3 is 2.46 bits per heavy atom. The largest absolute Gasteiger partial charge is 0.348 e. The highest BCUT2D eigenvalue weighted by Crippen LogP contribution is 2.25. The number of alkyl halides is 2. The predicted octanol–water partition coefficient (Wildman–Crippen LogP) is 1.11. The van der Waals surface area contributed by atoms with Crippen molar-refractivity contribution >= 4 is 30.1 Å². The van der Waals surface area contributed by atoms with Crippen molar-refractivity contribution in [3.63, 3.8) is 0 Å². The van der Waals surface area contributed by atoms with E-state index in [1.807, 2.05) is 5.32 Å². The summed E-state index contributed by atoms with van der Waals surface area (Å²) in [6.07, 6.45) is 0. The third kappa shape index (κ3) is 3.70. The molecule has 9 heteroatoms. The van der Waals surface area contributed by atoms with Crippen molar-refractivity contribution in [3.8, 4) is 0 Å². The molecule has 24 heavy (non-hydrogen) atoms. The van der Waals surface area contributed by atoms with Gasteiger partial charge < -0.3 is 11.1 Å². The van der Waals surface area contributed by atoms with Gasteiger partial charge in [0.15, 0.2) is 0 Å². The highest BCUT2D eigenvalue weighted by molar-refractivity contribution is 6.22. The molecule has 3 amide bonds. The first-order valence-electron chi connectivity index (χ1n) is 7.02. The number of halogens is 3. The van der Waals surface area contributed by atoms with Crippen LogP contribution in [0, 0.1) is 6.92 Å². The molecule has 1 aromatic carbocycles. The summed E-state index contributed by atoms with van der Waals surface area (Å²) in [6.45, 7) is 1.22. The molecule has 0 fully saturated rings. The molecule has 0 spiro atoms. The Morgan fingerprint density at radius 2 is 1.88 bits per heavy atom. The zero-order valence-electron chi connectivity index (χ0n) is 13.1. The van der Waals surface area contributed by atoms with Gasteiger partial charge in [-0.3, -0.25) is 19.3 Å². The summed E-state index contributed by atoms with van der Waals surface area (Å²) < 4.78 is 26.2. The Bertz CT molecular complexity index is 682. The molecule has 1 unspecified atom stereocenters. The molecule has 0 saturated carbocycles. The van der Waals surface area contributed by atoms with Crippen LogP contribution in [-0.4, -0.2) is 47.7 Å². The van der Waals surface area contributed by atoms with Crippen LogP contribution >= 0.6 is 12.4 Å². The first kappa shape index (κ1) is 20.0. The van der Waals surface area contributed by atoms with Crippen LogP contribution in [0.25, 0.3) is 0 Å². The van der Waals surface area contributed by atoms with E-state index in [4.69, 9.17) is 5.73 Å². The molecule has 0 aliphatic carbocycles. The fraction of sp³-hybridized carbons (Fsp3) is 0.400. The zero-order valence-corrected chi connectivity index (χ0v) is 14.0. The van der Waals surface area contributed by atoms with Gasteiger partial charge in [-0.25, -0.2) is 8.78 Å². The molecule has 6 nitrogen and oxygen atoms in total. The lowest BCUT2D eigenvalue weighted by Crippen LogP contribution is -2.51. The minimum Gasteiger partial charge on any atom is -0.348 e. The zero-order chi connectivity index (χ0) is 17.4. The number of nitrogens with two attached hydrogens (primary N) is 1. The van der Waals surface area contributed by atoms with Crippen molar-refractivity contribution in [3.05, 3.63) is 34.9 Å². The first-order valence-corrected chi connectivity index (χ1v) is 7.02. The molecule has 1 atom stereocenters. The van der Waals surface area contributed by atoms with Gasteiger partial charge in [0.05, 0.1) is 24.2 Å². The number of hydrogen-bond acceptors (Lipinski definition) is 4. The van der Waals surface area contributed by atoms with Gasteiger partial charge in [-0.1, -0.05) is 11.6 Å². The lowest BCUT2D eigenvalue weighted by molar-refractivity contribution is -0.126. The number of aryl methyl sites for hydroxylation is 1. The topological polar surface area (TPSA) is 92.5 Å². The summed E-state index contributed by atoms with van der Waals surface area (Å²) >= 11 is 0. The van der Waals surface area contributed by atoms with Gasteiger partial charge >= 0.3 is 0 Å². The molecule has 1 aromatic rings. The van der Waals surface area contributed by atoms with Gasteiger partial charge in [-0.05, 0) is 26.0 Å². The molecular weight excluding hydrogens is 344 g/mol. The van der Waals surface area contributed by atoms with E-state index in [1.54, 1.807) is 19.1 Å². The Kier molecular flexibility index (Phi) is 6.02. The summed E-state index contributed by atoms with van der Waals surface area (Å²) in [5.74, 6) is -5.31. The maximum Gasteiger partial charge on any atom is 0.277 e. The molecule has 0 radical (unpaired) electrons. The van der Waals surface area contributed by atoms with Gasteiger partial charge in [0.25, 0.3) is 17.7 Å². The van der Waals surface area contributed by atoms with Crippen LogP contribution < -0.4 is 11.1 Å². The van der Waals surface area contributed by atoms with Gasteiger partial charge in [0.2, 0.25) is 5.91 Å². The fourth-order valence-corrected chi connectivity index (χ4v) is 2.28. The maximum absolute atomic E-state index is 13.1. The number of fused-ring (bicyclic) bond motifs is 1. The molecule has 0 bridgehead atoms. The summed E-state index contributed by atoms with van der Waals surface area (Å²) in [4.78, 5) is 37.3. The molecule has 1 heterocycles. The van der Waals surface area contributed by atoms with Crippen LogP contribution in [0.2, 0.25) is 0 Å². The van der Waals surface area contributed by atoms with Gasteiger partial charge in [0, 0.05) is 0 Å². The number of carbonyl (C=O) groups is 3. The van der Waals surface area contributed by atoms with E-state index in [9.17, 15) is 23.2 Å². The summed E-state index contributed by atoms with van der Waals surface area (Å²) in [5, 5.41) is 2.01. The number of amides is 3. The minimum atomic E-state index is -3.24. The van der Waals surface area contributed by atoms with E-state index >= 15 is 0 Å². The third-order valence-electron chi connectivity index (χ3n) is 3.66. The number of benzene rings is 1. The molecule has 2 rings (SSSR count). The van der Waals surface area contributed by atoms with Crippen molar-refractivity contribution in [1.29, 1.82) is 0 Å². The van der Waals surface area contributed by atoms with E-state index in [-0.39, 0.29) is 23.5 Å². The summed E-state index contributed by atoms with van der Waals surface area (Å²) in [7, 11) is 0. The fourth-order valence-electron chi connectivity index (χ4n) is 2.28. The summed E-state index contributed by atoms with van der Waals surface area (Å²) in [6, 6.07) is 3.55. The van der Waals surface area contributed by atoms with Crippen molar-refractivity contribution in [2.45, 2.75) is 25.8 Å². The molecule has 1 aliphatic rings. The van der Waals surface area contributed by atoms with Gasteiger partial charge in [0.1, 0.15) is 6.04 Å². The number of rotatable bonds is 5. The van der Waals surface area contributed by atoms with E-state index in [2.05, 4.69) is 0 Å². The summed E-state index contributed by atoms with van der Waals surface area (Å²) in [5.41, 5.74) is 6.10. The molecule has 3 N–H and O–H groups in total. The maximum atomic E-state index is 13.1. The lowest BCUT2D eigenvalue weighted by Gasteiger charge is -2.23. The van der Waals surface area contributed by atoms with Crippen LogP contribution in [0.3, 0.4) is 0 Å². The van der Waals surface area contributed by atoms with Crippen LogP contribution in [0.5, 0.6) is 0 Å². The number of hydrogen-bond donors (Lipinski definition) is 2. The Labute approximate surface area is 143 Å². The molecule has 132 valence electrons. The predicted molar refractivity (Wildman–Crippen MR) is 85.4 cm³/mol. The molecule has 1 aliphatic heterocycles. The SMILES string of the molecule is Cc1ccc2c(c1)C(=O)N(C(C)C(=O)NCC(F)(F)CN)C2=O.Cl. The van der Waals surface area contributed by atoms with Gasteiger partial charge in [-0.15, -0.1) is 12.4 Å². The van der Waals surface area contributed by atoms with E-state index in [1.165, 1.54) is 13.0 Å². The van der Waals surface area contributed by atoms with Crippen LogP contribution in [0.4, 0.5) is 8.78 Å². The number of imide groups is 1. The van der Waals surface area contributed by atoms with Crippen LogP contribution in [0.15, 0.2) is 18.2 Å². The van der Waals surface area contributed by atoms with E-state index < -0.39 is 42.8 Å².